The second-order valence-corrected chi connectivity index (χ2v) is 8.49. The largest absolute Gasteiger partial charge is 0.312 e. The zero-order chi connectivity index (χ0) is 18.9. The summed E-state index contributed by atoms with van der Waals surface area (Å²) in [4.78, 5) is 14.1. The smallest absolute Gasteiger partial charge is 0.262 e. The van der Waals surface area contributed by atoms with E-state index in [1.54, 1.807) is 30.0 Å². The van der Waals surface area contributed by atoms with Crippen molar-refractivity contribution in [1.82, 2.24) is 0 Å². The molecule has 1 heterocycles. The summed E-state index contributed by atoms with van der Waals surface area (Å²) in [6.45, 7) is 4.42. The first-order valence-electron chi connectivity index (χ1n) is 8.54. The van der Waals surface area contributed by atoms with E-state index in [4.69, 9.17) is 11.6 Å². The molecule has 0 fully saturated rings. The Balaban J connectivity index is 1.92. The molecule has 0 atom stereocenters. The molecular formula is C19H21ClN2O3S. The maximum absolute atomic E-state index is 12.7. The Labute approximate surface area is 159 Å². The predicted octanol–water partition coefficient (Wildman–Crippen LogP) is 4.14. The molecule has 0 spiro atoms. The molecule has 0 radical (unpaired) electrons. The number of benzene rings is 2. The van der Waals surface area contributed by atoms with Gasteiger partial charge >= 0.3 is 0 Å². The highest BCUT2D eigenvalue weighted by molar-refractivity contribution is 7.92. The lowest BCUT2D eigenvalue weighted by atomic mass is 10.0. The topological polar surface area (TPSA) is 66.5 Å². The molecule has 26 heavy (non-hydrogen) atoms. The third-order valence-corrected chi connectivity index (χ3v) is 6.18. The first-order valence-corrected chi connectivity index (χ1v) is 10.4. The number of amides is 1. The Kier molecular flexibility index (Phi) is 5.25. The summed E-state index contributed by atoms with van der Waals surface area (Å²) >= 11 is 5.95. The molecule has 138 valence electrons. The van der Waals surface area contributed by atoms with Gasteiger partial charge in [0.15, 0.2) is 0 Å². The van der Waals surface area contributed by atoms with E-state index in [9.17, 15) is 13.2 Å². The Hall–Kier alpha value is -2.05. The zero-order valence-corrected chi connectivity index (χ0v) is 16.3. The second kappa shape index (κ2) is 7.29. The van der Waals surface area contributed by atoms with Gasteiger partial charge in [0.2, 0.25) is 5.91 Å². The molecule has 1 aliphatic heterocycles. The second-order valence-electron chi connectivity index (χ2n) is 6.40. The highest BCUT2D eigenvalue weighted by atomic mass is 35.5. The van der Waals surface area contributed by atoms with Crippen molar-refractivity contribution in [1.29, 1.82) is 0 Å². The molecule has 2 aromatic rings. The van der Waals surface area contributed by atoms with Gasteiger partial charge in [0, 0.05) is 29.4 Å². The lowest BCUT2D eigenvalue weighted by molar-refractivity contribution is -0.118. The van der Waals surface area contributed by atoms with Crippen LogP contribution in [0.5, 0.6) is 0 Å². The quantitative estimate of drug-likeness (QED) is 0.831. The average Bonchev–Trinajstić information content (AvgIpc) is 2.59. The van der Waals surface area contributed by atoms with Crippen LogP contribution in [0.15, 0.2) is 41.3 Å². The molecule has 1 N–H and O–H groups in total. The fourth-order valence-electron chi connectivity index (χ4n) is 3.17. The van der Waals surface area contributed by atoms with Crippen LogP contribution in [-0.4, -0.2) is 20.9 Å². The van der Waals surface area contributed by atoms with Crippen molar-refractivity contribution >= 4 is 38.9 Å². The summed E-state index contributed by atoms with van der Waals surface area (Å²) in [5.74, 6) is 0.113. The van der Waals surface area contributed by atoms with Gasteiger partial charge in [-0.2, -0.15) is 0 Å². The number of carbonyl (C=O) groups is 1. The van der Waals surface area contributed by atoms with Crippen LogP contribution >= 0.6 is 11.6 Å². The van der Waals surface area contributed by atoms with E-state index in [2.05, 4.69) is 4.72 Å². The summed E-state index contributed by atoms with van der Waals surface area (Å²) in [6, 6.07) is 10.1. The summed E-state index contributed by atoms with van der Waals surface area (Å²) in [5.41, 5.74) is 2.94. The minimum Gasteiger partial charge on any atom is -0.312 e. The van der Waals surface area contributed by atoms with Crippen LogP contribution in [0.1, 0.15) is 30.9 Å². The molecule has 5 nitrogen and oxygen atoms in total. The van der Waals surface area contributed by atoms with Crippen molar-refractivity contribution in [3.8, 4) is 0 Å². The van der Waals surface area contributed by atoms with Gasteiger partial charge in [-0.15, -0.1) is 0 Å². The number of rotatable bonds is 5. The average molecular weight is 393 g/mol. The number of halogens is 1. The summed E-state index contributed by atoms with van der Waals surface area (Å²) in [5, 5.41) is 0.370. The van der Waals surface area contributed by atoms with E-state index in [0.29, 0.717) is 35.7 Å². The predicted molar refractivity (Wildman–Crippen MR) is 104 cm³/mol. The molecule has 0 bridgehead atoms. The first kappa shape index (κ1) is 18.7. The van der Waals surface area contributed by atoms with Crippen molar-refractivity contribution < 1.29 is 13.2 Å². The van der Waals surface area contributed by atoms with Gasteiger partial charge in [0.1, 0.15) is 0 Å². The fourth-order valence-corrected chi connectivity index (χ4v) is 4.72. The van der Waals surface area contributed by atoms with Gasteiger partial charge in [-0.1, -0.05) is 24.6 Å². The molecule has 0 aliphatic carbocycles. The molecule has 0 saturated heterocycles. The van der Waals surface area contributed by atoms with Crippen LogP contribution in [-0.2, 0) is 21.2 Å². The van der Waals surface area contributed by atoms with Gasteiger partial charge in [0.25, 0.3) is 10.0 Å². The number of aryl methyl sites for hydroxylation is 2. The highest BCUT2D eigenvalue weighted by Gasteiger charge is 2.24. The molecular weight excluding hydrogens is 372 g/mol. The molecule has 1 aliphatic rings. The Morgan fingerprint density at radius 1 is 1.15 bits per heavy atom. The standard InChI is InChI=1S/C19H21ClN2O3S/c1-3-10-22-17-8-7-16(11-14(17)5-9-19(22)23)21-26(24,25)18-12-15(20)6-4-13(18)2/h4,6-8,11-12,21H,3,5,9-10H2,1-2H3. The third-order valence-electron chi connectivity index (χ3n) is 4.42. The van der Waals surface area contributed by atoms with Gasteiger partial charge in [-0.25, -0.2) is 8.42 Å². The van der Waals surface area contributed by atoms with Crippen LogP contribution in [0.25, 0.3) is 0 Å². The molecule has 7 heteroatoms. The number of fused-ring (bicyclic) bond motifs is 1. The number of sulfonamides is 1. The summed E-state index contributed by atoms with van der Waals surface area (Å²) < 4.78 is 28.1. The van der Waals surface area contributed by atoms with Gasteiger partial charge < -0.3 is 4.90 Å². The van der Waals surface area contributed by atoms with E-state index in [0.717, 1.165) is 17.7 Å². The van der Waals surface area contributed by atoms with Crippen LogP contribution in [0.4, 0.5) is 11.4 Å². The van der Waals surface area contributed by atoms with E-state index in [1.165, 1.54) is 6.07 Å². The SMILES string of the molecule is CCCN1C(=O)CCc2cc(NS(=O)(=O)c3cc(Cl)ccc3C)ccc21. The van der Waals surface area contributed by atoms with Gasteiger partial charge in [0.05, 0.1) is 4.90 Å². The van der Waals surface area contributed by atoms with Crippen LogP contribution in [0.3, 0.4) is 0 Å². The Morgan fingerprint density at radius 3 is 2.65 bits per heavy atom. The lowest BCUT2D eigenvalue weighted by Crippen LogP contribution is -2.35. The number of hydrogen-bond donors (Lipinski definition) is 1. The zero-order valence-electron chi connectivity index (χ0n) is 14.8. The van der Waals surface area contributed by atoms with Crippen LogP contribution < -0.4 is 9.62 Å². The van der Waals surface area contributed by atoms with Crippen LogP contribution in [0.2, 0.25) is 5.02 Å². The minimum absolute atomic E-state index is 0.113. The minimum atomic E-state index is -3.74. The highest BCUT2D eigenvalue weighted by Crippen LogP contribution is 2.31. The molecule has 2 aromatic carbocycles. The third kappa shape index (κ3) is 3.71. The molecule has 3 rings (SSSR count). The normalized spacial score (nSPS) is 14.3. The van der Waals surface area contributed by atoms with Crippen molar-refractivity contribution in [3.05, 3.63) is 52.5 Å². The van der Waals surface area contributed by atoms with Gasteiger partial charge in [-0.3, -0.25) is 9.52 Å². The van der Waals surface area contributed by atoms with Crippen LogP contribution in [0, 0.1) is 6.92 Å². The number of nitrogens with one attached hydrogen (secondary N) is 1. The molecule has 0 aromatic heterocycles. The maximum atomic E-state index is 12.7. The maximum Gasteiger partial charge on any atom is 0.262 e. The summed E-state index contributed by atoms with van der Waals surface area (Å²) in [6.07, 6.45) is 1.92. The lowest BCUT2D eigenvalue weighted by Gasteiger charge is -2.29. The molecule has 0 saturated carbocycles. The number of nitrogens with zero attached hydrogens (tertiary/aromatic N) is 1. The van der Waals surface area contributed by atoms with Crippen molar-refractivity contribution in [2.75, 3.05) is 16.2 Å². The Bertz CT molecular complexity index is 957. The van der Waals surface area contributed by atoms with E-state index in [-0.39, 0.29) is 10.8 Å². The monoisotopic (exact) mass is 392 g/mol. The fraction of sp³-hybridized carbons (Fsp3) is 0.316. The molecule has 0 unspecified atom stereocenters. The van der Waals surface area contributed by atoms with E-state index >= 15 is 0 Å². The Morgan fingerprint density at radius 2 is 1.92 bits per heavy atom. The number of hydrogen-bond acceptors (Lipinski definition) is 3. The first-order chi connectivity index (χ1) is 12.3. The molecule has 1 amide bonds. The van der Waals surface area contributed by atoms with Gasteiger partial charge in [-0.05, 0) is 61.2 Å². The summed E-state index contributed by atoms with van der Waals surface area (Å²) in [7, 11) is -3.74. The van der Waals surface area contributed by atoms with E-state index < -0.39 is 10.0 Å². The van der Waals surface area contributed by atoms with Crippen molar-refractivity contribution in [2.24, 2.45) is 0 Å². The number of anilines is 2. The number of carbonyl (C=O) groups excluding carboxylic acids is 1. The van der Waals surface area contributed by atoms with Crippen molar-refractivity contribution in [2.45, 2.75) is 38.0 Å². The van der Waals surface area contributed by atoms with E-state index in [1.807, 2.05) is 19.1 Å². The van der Waals surface area contributed by atoms with Crippen molar-refractivity contribution in [3.63, 3.8) is 0 Å².